The SMILES string of the molecule is COCCC(C)(C)CNC(=O)CC(C)(C)N. The van der Waals surface area contributed by atoms with Crippen molar-refractivity contribution in [2.24, 2.45) is 11.1 Å². The third-order valence-corrected chi connectivity index (χ3v) is 2.36. The van der Waals surface area contributed by atoms with Crippen LogP contribution in [0.4, 0.5) is 0 Å². The molecule has 0 saturated carbocycles. The van der Waals surface area contributed by atoms with Crippen LogP contribution in [0.2, 0.25) is 0 Å². The molecule has 0 spiro atoms. The van der Waals surface area contributed by atoms with E-state index in [0.29, 0.717) is 19.6 Å². The molecule has 4 nitrogen and oxygen atoms in total. The van der Waals surface area contributed by atoms with Gasteiger partial charge >= 0.3 is 0 Å². The van der Waals surface area contributed by atoms with Crippen molar-refractivity contribution in [2.45, 2.75) is 46.1 Å². The summed E-state index contributed by atoms with van der Waals surface area (Å²) in [4.78, 5) is 11.6. The Morgan fingerprint density at radius 1 is 1.31 bits per heavy atom. The molecule has 0 aliphatic heterocycles. The lowest BCUT2D eigenvalue weighted by Gasteiger charge is -2.25. The molecule has 0 radical (unpaired) electrons. The number of hydrogen-bond acceptors (Lipinski definition) is 3. The standard InChI is InChI=1S/C12H26N2O2/c1-11(2,6-7-16-5)9-14-10(15)8-12(3,4)13/h6-9,13H2,1-5H3,(H,14,15). The van der Waals surface area contributed by atoms with Crippen molar-refractivity contribution in [3.63, 3.8) is 0 Å². The molecule has 4 heteroatoms. The van der Waals surface area contributed by atoms with Crippen LogP contribution in [-0.4, -0.2) is 31.7 Å². The van der Waals surface area contributed by atoms with E-state index in [4.69, 9.17) is 10.5 Å². The number of ether oxygens (including phenoxy) is 1. The number of amides is 1. The quantitative estimate of drug-likeness (QED) is 0.692. The minimum absolute atomic E-state index is 0.0120. The lowest BCUT2D eigenvalue weighted by molar-refractivity contribution is -0.122. The predicted octanol–water partition coefficient (Wildman–Crippen LogP) is 1.29. The number of hydrogen-bond donors (Lipinski definition) is 2. The summed E-state index contributed by atoms with van der Waals surface area (Å²) in [6.45, 7) is 9.29. The fraction of sp³-hybridized carbons (Fsp3) is 0.917. The first-order valence-corrected chi connectivity index (χ1v) is 5.71. The van der Waals surface area contributed by atoms with E-state index in [0.717, 1.165) is 6.42 Å². The summed E-state index contributed by atoms with van der Waals surface area (Å²) in [5.41, 5.74) is 5.39. The molecule has 0 atom stereocenters. The van der Waals surface area contributed by atoms with Gasteiger partial charge in [-0.25, -0.2) is 0 Å². The van der Waals surface area contributed by atoms with Crippen molar-refractivity contribution >= 4 is 5.91 Å². The molecule has 0 rings (SSSR count). The first-order valence-electron chi connectivity index (χ1n) is 5.71. The summed E-state index contributed by atoms with van der Waals surface area (Å²) < 4.78 is 5.03. The normalized spacial score (nSPS) is 12.6. The Morgan fingerprint density at radius 2 is 1.88 bits per heavy atom. The van der Waals surface area contributed by atoms with E-state index < -0.39 is 5.54 Å². The molecule has 0 aliphatic carbocycles. The minimum Gasteiger partial charge on any atom is -0.385 e. The molecular weight excluding hydrogens is 204 g/mol. The Kier molecular flexibility index (Phi) is 5.97. The molecular formula is C12H26N2O2. The zero-order chi connectivity index (χ0) is 12.8. The van der Waals surface area contributed by atoms with Crippen LogP contribution in [-0.2, 0) is 9.53 Å². The first kappa shape index (κ1) is 15.4. The molecule has 0 unspecified atom stereocenters. The third-order valence-electron chi connectivity index (χ3n) is 2.36. The monoisotopic (exact) mass is 230 g/mol. The van der Waals surface area contributed by atoms with Crippen molar-refractivity contribution in [1.29, 1.82) is 0 Å². The van der Waals surface area contributed by atoms with Gasteiger partial charge in [-0.2, -0.15) is 0 Å². The van der Waals surface area contributed by atoms with Gasteiger partial charge in [-0.05, 0) is 25.7 Å². The van der Waals surface area contributed by atoms with Crippen molar-refractivity contribution < 1.29 is 9.53 Å². The number of carbonyl (C=O) groups is 1. The molecule has 0 bridgehead atoms. The van der Waals surface area contributed by atoms with E-state index in [2.05, 4.69) is 19.2 Å². The molecule has 0 aromatic carbocycles. The van der Waals surface area contributed by atoms with Crippen LogP contribution in [0.25, 0.3) is 0 Å². The molecule has 0 aromatic rings. The van der Waals surface area contributed by atoms with Crippen molar-refractivity contribution in [3.05, 3.63) is 0 Å². The molecule has 0 aliphatic rings. The highest BCUT2D eigenvalue weighted by atomic mass is 16.5. The van der Waals surface area contributed by atoms with E-state index in [1.165, 1.54) is 0 Å². The van der Waals surface area contributed by atoms with Gasteiger partial charge in [-0.1, -0.05) is 13.8 Å². The second-order valence-corrected chi connectivity index (χ2v) is 5.85. The lowest BCUT2D eigenvalue weighted by atomic mass is 9.89. The number of nitrogens with two attached hydrogens (primary N) is 1. The van der Waals surface area contributed by atoms with Crippen LogP contribution in [0.3, 0.4) is 0 Å². The highest BCUT2D eigenvalue weighted by Gasteiger charge is 2.21. The van der Waals surface area contributed by atoms with Gasteiger partial charge in [0, 0.05) is 32.2 Å². The maximum atomic E-state index is 11.6. The maximum Gasteiger partial charge on any atom is 0.221 e. The van der Waals surface area contributed by atoms with Crippen LogP contribution >= 0.6 is 0 Å². The summed E-state index contributed by atoms with van der Waals surface area (Å²) in [6, 6.07) is 0. The largest absolute Gasteiger partial charge is 0.385 e. The van der Waals surface area contributed by atoms with E-state index in [1.807, 2.05) is 13.8 Å². The minimum atomic E-state index is -0.444. The first-order chi connectivity index (χ1) is 7.16. The Labute approximate surface area is 98.9 Å². The van der Waals surface area contributed by atoms with E-state index >= 15 is 0 Å². The molecule has 0 fully saturated rings. The summed E-state index contributed by atoms with van der Waals surface area (Å²) in [6.07, 6.45) is 1.28. The highest BCUT2D eigenvalue weighted by Crippen LogP contribution is 2.18. The van der Waals surface area contributed by atoms with Gasteiger partial charge in [-0.15, -0.1) is 0 Å². The third kappa shape index (κ3) is 8.68. The Hall–Kier alpha value is -0.610. The Bertz CT molecular complexity index is 220. The number of methoxy groups -OCH3 is 1. The second-order valence-electron chi connectivity index (χ2n) is 5.85. The lowest BCUT2D eigenvalue weighted by Crippen LogP contribution is -2.41. The summed E-state index contributed by atoms with van der Waals surface area (Å²) in [5.74, 6) is 0.0120. The molecule has 1 amide bonds. The van der Waals surface area contributed by atoms with Gasteiger partial charge in [0.05, 0.1) is 0 Å². The summed E-state index contributed by atoms with van der Waals surface area (Å²) in [5, 5.41) is 2.91. The van der Waals surface area contributed by atoms with Crippen molar-refractivity contribution in [1.82, 2.24) is 5.32 Å². The average molecular weight is 230 g/mol. The highest BCUT2D eigenvalue weighted by molar-refractivity contribution is 5.77. The summed E-state index contributed by atoms with van der Waals surface area (Å²) in [7, 11) is 1.69. The molecule has 16 heavy (non-hydrogen) atoms. The van der Waals surface area contributed by atoms with Gasteiger partial charge in [-0.3, -0.25) is 4.79 Å². The van der Waals surface area contributed by atoms with Crippen LogP contribution in [0.15, 0.2) is 0 Å². The van der Waals surface area contributed by atoms with E-state index in [1.54, 1.807) is 7.11 Å². The molecule has 3 N–H and O–H groups in total. The molecule has 0 heterocycles. The zero-order valence-corrected chi connectivity index (χ0v) is 11.2. The topological polar surface area (TPSA) is 64.3 Å². The van der Waals surface area contributed by atoms with E-state index in [9.17, 15) is 4.79 Å². The fourth-order valence-corrected chi connectivity index (χ4v) is 1.28. The maximum absolute atomic E-state index is 11.6. The zero-order valence-electron chi connectivity index (χ0n) is 11.2. The van der Waals surface area contributed by atoms with Gasteiger partial charge in [0.1, 0.15) is 0 Å². The second kappa shape index (κ2) is 6.21. The molecule has 96 valence electrons. The molecule has 0 saturated heterocycles. The smallest absolute Gasteiger partial charge is 0.221 e. The fourth-order valence-electron chi connectivity index (χ4n) is 1.28. The number of nitrogens with one attached hydrogen (secondary N) is 1. The number of rotatable bonds is 7. The van der Waals surface area contributed by atoms with Crippen LogP contribution < -0.4 is 11.1 Å². The van der Waals surface area contributed by atoms with Crippen LogP contribution in [0.5, 0.6) is 0 Å². The van der Waals surface area contributed by atoms with Gasteiger partial charge in [0.2, 0.25) is 5.91 Å². The van der Waals surface area contributed by atoms with Crippen molar-refractivity contribution in [3.8, 4) is 0 Å². The van der Waals surface area contributed by atoms with Gasteiger partial charge < -0.3 is 15.8 Å². The van der Waals surface area contributed by atoms with Crippen LogP contribution in [0.1, 0.15) is 40.5 Å². The van der Waals surface area contributed by atoms with Gasteiger partial charge in [0.15, 0.2) is 0 Å². The van der Waals surface area contributed by atoms with Crippen LogP contribution in [0, 0.1) is 5.41 Å². The Balaban J connectivity index is 3.90. The van der Waals surface area contributed by atoms with Gasteiger partial charge in [0.25, 0.3) is 0 Å². The predicted molar refractivity (Wildman–Crippen MR) is 66.2 cm³/mol. The van der Waals surface area contributed by atoms with Crippen molar-refractivity contribution in [2.75, 3.05) is 20.3 Å². The molecule has 0 aromatic heterocycles. The van der Waals surface area contributed by atoms with E-state index in [-0.39, 0.29) is 11.3 Å². The Morgan fingerprint density at radius 3 is 2.31 bits per heavy atom. The summed E-state index contributed by atoms with van der Waals surface area (Å²) >= 11 is 0. The average Bonchev–Trinajstić information content (AvgIpc) is 2.09. The number of carbonyl (C=O) groups excluding carboxylic acids is 1.